The Bertz CT molecular complexity index is 958. The number of rotatable bonds is 3. The molecule has 0 bridgehead atoms. The maximum Gasteiger partial charge on any atom is 0.416 e. The molecule has 0 unspecified atom stereocenters. The number of carbonyl (C=O) groups is 1. The average Bonchev–Trinajstić information content (AvgIpc) is 3.16. The molecule has 10 heteroatoms. The number of aryl methyl sites for hydroxylation is 2. The van der Waals surface area contributed by atoms with Crippen LogP contribution in [0.4, 0.5) is 24.5 Å². The molecule has 0 saturated carbocycles. The Morgan fingerprint density at radius 2 is 1.77 bits per heavy atom. The fraction of sp³-hybridized carbons (Fsp3) is 0.450. The topological polar surface area (TPSA) is 66.7 Å². The number of nitro groups is 1. The zero-order valence-corrected chi connectivity index (χ0v) is 16.9. The highest BCUT2D eigenvalue weighted by molar-refractivity contribution is 7.14. The summed E-state index contributed by atoms with van der Waals surface area (Å²) in [6.45, 7) is 1.37. The molecule has 1 aliphatic heterocycles. The summed E-state index contributed by atoms with van der Waals surface area (Å²) in [6, 6.07) is 4.55. The number of alkyl halides is 3. The smallest absolute Gasteiger partial charge is 0.362 e. The van der Waals surface area contributed by atoms with Crippen molar-refractivity contribution >= 4 is 28.6 Å². The van der Waals surface area contributed by atoms with Crippen LogP contribution in [0.2, 0.25) is 0 Å². The van der Waals surface area contributed by atoms with E-state index < -0.39 is 22.4 Å². The predicted molar refractivity (Wildman–Crippen MR) is 107 cm³/mol. The van der Waals surface area contributed by atoms with Crippen LogP contribution in [0.15, 0.2) is 24.3 Å². The van der Waals surface area contributed by atoms with Crippen molar-refractivity contribution in [2.24, 2.45) is 0 Å². The highest BCUT2D eigenvalue weighted by Gasteiger charge is 2.34. The number of benzene rings is 1. The van der Waals surface area contributed by atoms with Gasteiger partial charge in [0, 0.05) is 37.1 Å². The normalized spacial score (nSPS) is 17.0. The summed E-state index contributed by atoms with van der Waals surface area (Å²) in [6.07, 6.45) is -0.342. The third kappa shape index (κ3) is 4.00. The minimum Gasteiger partial charge on any atom is -0.362 e. The summed E-state index contributed by atoms with van der Waals surface area (Å²) >= 11 is 1.54. The number of halogens is 3. The van der Waals surface area contributed by atoms with Crippen LogP contribution in [0.5, 0.6) is 0 Å². The number of piperazine rings is 1. The third-order valence-electron chi connectivity index (χ3n) is 5.61. The Morgan fingerprint density at radius 3 is 2.40 bits per heavy atom. The van der Waals surface area contributed by atoms with Crippen LogP contribution in [0.25, 0.3) is 0 Å². The second-order valence-electron chi connectivity index (χ2n) is 7.50. The van der Waals surface area contributed by atoms with Gasteiger partial charge in [0.2, 0.25) is 0 Å². The Morgan fingerprint density at radius 1 is 1.07 bits per heavy atom. The van der Waals surface area contributed by atoms with Gasteiger partial charge in [-0.25, -0.2) is 0 Å². The van der Waals surface area contributed by atoms with Crippen molar-refractivity contribution in [3.8, 4) is 0 Å². The lowest BCUT2D eigenvalue weighted by Gasteiger charge is -2.35. The van der Waals surface area contributed by atoms with Gasteiger partial charge in [0.1, 0.15) is 5.69 Å². The van der Waals surface area contributed by atoms with Crippen LogP contribution in [0.3, 0.4) is 0 Å². The first kappa shape index (κ1) is 20.6. The van der Waals surface area contributed by atoms with E-state index in [1.807, 2.05) is 6.07 Å². The first-order valence-corrected chi connectivity index (χ1v) is 10.6. The minimum absolute atomic E-state index is 0.0454. The van der Waals surface area contributed by atoms with Crippen LogP contribution < -0.4 is 4.90 Å². The molecule has 1 amide bonds. The number of nitro benzene ring substituents is 1. The van der Waals surface area contributed by atoms with Crippen LogP contribution in [-0.2, 0) is 19.0 Å². The van der Waals surface area contributed by atoms with Crippen LogP contribution in [-0.4, -0.2) is 41.9 Å². The maximum atomic E-state index is 12.9. The number of nitrogens with zero attached hydrogens (tertiary/aromatic N) is 3. The van der Waals surface area contributed by atoms with E-state index >= 15 is 0 Å². The monoisotopic (exact) mass is 439 g/mol. The molecule has 1 saturated heterocycles. The Hall–Kier alpha value is -2.62. The van der Waals surface area contributed by atoms with E-state index in [2.05, 4.69) is 0 Å². The maximum absolute atomic E-state index is 12.9. The number of thiophene rings is 1. The second kappa shape index (κ2) is 7.90. The van der Waals surface area contributed by atoms with E-state index in [-0.39, 0.29) is 11.6 Å². The molecular formula is C20H20F3N3O3S. The summed E-state index contributed by atoms with van der Waals surface area (Å²) in [5.41, 5.74) is -0.218. The van der Waals surface area contributed by atoms with Crippen molar-refractivity contribution in [2.45, 2.75) is 31.9 Å². The van der Waals surface area contributed by atoms with E-state index in [1.54, 1.807) is 21.1 Å². The molecule has 0 N–H and O–H groups in total. The van der Waals surface area contributed by atoms with Gasteiger partial charge < -0.3 is 9.80 Å². The van der Waals surface area contributed by atoms with Crippen molar-refractivity contribution in [2.75, 3.05) is 31.1 Å². The first-order valence-electron chi connectivity index (χ1n) is 9.75. The Labute approximate surface area is 175 Å². The zero-order valence-electron chi connectivity index (χ0n) is 16.1. The van der Waals surface area contributed by atoms with Gasteiger partial charge in [-0.15, -0.1) is 11.3 Å². The highest BCUT2D eigenvalue weighted by atomic mass is 32.1. The molecule has 1 aromatic carbocycles. The van der Waals surface area contributed by atoms with Crippen LogP contribution >= 0.6 is 11.3 Å². The van der Waals surface area contributed by atoms with Gasteiger partial charge in [0.05, 0.1) is 15.4 Å². The SMILES string of the molecule is O=C(c1cc2c(s1)CCCC2)N1CCN(c2ccc(C(F)(F)F)cc2[N+](=O)[O-])CC1. The quantitative estimate of drug-likeness (QED) is 0.521. The zero-order chi connectivity index (χ0) is 21.5. The van der Waals surface area contributed by atoms with Gasteiger partial charge in [0.15, 0.2) is 0 Å². The molecule has 1 aliphatic carbocycles. The van der Waals surface area contributed by atoms with E-state index in [0.717, 1.165) is 42.7 Å². The highest BCUT2D eigenvalue weighted by Crippen LogP contribution is 2.37. The van der Waals surface area contributed by atoms with E-state index in [9.17, 15) is 28.1 Å². The Balaban J connectivity index is 1.47. The average molecular weight is 439 g/mol. The van der Waals surface area contributed by atoms with E-state index in [1.165, 1.54) is 10.4 Å². The molecular weight excluding hydrogens is 419 g/mol. The summed E-state index contributed by atoms with van der Waals surface area (Å²) in [5.74, 6) is -0.0454. The molecule has 2 heterocycles. The minimum atomic E-state index is -4.64. The molecule has 1 fully saturated rings. The van der Waals surface area contributed by atoms with Crippen molar-refractivity contribution in [1.82, 2.24) is 4.90 Å². The molecule has 0 spiro atoms. The number of hydrogen-bond donors (Lipinski definition) is 0. The summed E-state index contributed by atoms with van der Waals surface area (Å²) in [7, 11) is 0. The fourth-order valence-corrected chi connectivity index (χ4v) is 5.24. The van der Waals surface area contributed by atoms with Crippen molar-refractivity contribution in [1.29, 1.82) is 0 Å². The second-order valence-corrected chi connectivity index (χ2v) is 8.64. The molecule has 160 valence electrons. The number of carbonyl (C=O) groups excluding carboxylic acids is 1. The number of hydrogen-bond acceptors (Lipinski definition) is 5. The van der Waals surface area contributed by atoms with Gasteiger partial charge >= 0.3 is 6.18 Å². The molecule has 4 rings (SSSR count). The lowest BCUT2D eigenvalue weighted by atomic mass is 9.99. The Kier molecular flexibility index (Phi) is 5.44. The van der Waals surface area contributed by atoms with Gasteiger partial charge in [-0.3, -0.25) is 14.9 Å². The summed E-state index contributed by atoms with van der Waals surface area (Å²) in [4.78, 5) is 28.8. The molecule has 0 atom stereocenters. The fourth-order valence-electron chi connectivity index (χ4n) is 4.02. The predicted octanol–water partition coefficient (Wildman–Crippen LogP) is 4.52. The van der Waals surface area contributed by atoms with Crippen molar-refractivity contribution in [3.05, 3.63) is 55.3 Å². The molecule has 1 aromatic heterocycles. The first-order chi connectivity index (χ1) is 14.2. The van der Waals surface area contributed by atoms with Gasteiger partial charge in [0.25, 0.3) is 11.6 Å². The largest absolute Gasteiger partial charge is 0.416 e. The molecule has 2 aromatic rings. The molecule has 6 nitrogen and oxygen atoms in total. The molecule has 0 radical (unpaired) electrons. The molecule has 2 aliphatic rings. The van der Waals surface area contributed by atoms with Crippen molar-refractivity contribution in [3.63, 3.8) is 0 Å². The van der Waals surface area contributed by atoms with E-state index in [4.69, 9.17) is 0 Å². The van der Waals surface area contributed by atoms with Crippen LogP contribution in [0, 0.1) is 10.1 Å². The van der Waals surface area contributed by atoms with E-state index in [0.29, 0.717) is 32.2 Å². The lowest BCUT2D eigenvalue weighted by Crippen LogP contribution is -2.48. The standard InChI is InChI=1S/C20H20F3N3O3S/c21-20(22,23)14-5-6-15(16(12-14)26(28)29)24-7-9-25(10-8-24)19(27)18-11-13-3-1-2-4-17(13)30-18/h5-6,11-12H,1-4,7-10H2. The van der Waals surface area contributed by atoms with Gasteiger partial charge in [-0.2, -0.15) is 13.2 Å². The number of fused-ring (bicyclic) bond motifs is 1. The lowest BCUT2D eigenvalue weighted by molar-refractivity contribution is -0.384. The number of anilines is 1. The van der Waals surface area contributed by atoms with Crippen molar-refractivity contribution < 1.29 is 22.9 Å². The summed E-state index contributed by atoms with van der Waals surface area (Å²) < 4.78 is 38.7. The number of amides is 1. The third-order valence-corrected chi connectivity index (χ3v) is 6.84. The van der Waals surface area contributed by atoms with Gasteiger partial charge in [-0.05, 0) is 49.4 Å². The van der Waals surface area contributed by atoms with Gasteiger partial charge in [-0.1, -0.05) is 0 Å². The summed E-state index contributed by atoms with van der Waals surface area (Å²) in [5, 5.41) is 11.3. The van der Waals surface area contributed by atoms with Crippen LogP contribution in [0.1, 0.15) is 38.5 Å². The molecule has 30 heavy (non-hydrogen) atoms.